The Hall–Kier alpha value is -1.52. The third kappa shape index (κ3) is 7.48. The Balaban J connectivity index is 2.10. The van der Waals surface area contributed by atoms with Crippen LogP contribution in [0.15, 0.2) is 9.41 Å². The van der Waals surface area contributed by atoms with Crippen molar-refractivity contribution in [3.63, 3.8) is 0 Å². The Kier molecular flexibility index (Phi) is 9.35. The first-order valence-corrected chi connectivity index (χ1v) is 8.54. The molecular formula is C17H32N4O. The van der Waals surface area contributed by atoms with Gasteiger partial charge in [0.05, 0.1) is 12.2 Å². The number of hydrogen-bond acceptors (Lipinski definition) is 3. The van der Waals surface area contributed by atoms with Gasteiger partial charge in [0, 0.05) is 13.6 Å². The van der Waals surface area contributed by atoms with Gasteiger partial charge in [-0.25, -0.2) is 4.98 Å². The zero-order valence-electron chi connectivity index (χ0n) is 14.7. The van der Waals surface area contributed by atoms with E-state index in [1.54, 1.807) is 7.05 Å². The highest BCUT2D eigenvalue weighted by atomic mass is 16.4. The molecule has 0 aliphatic rings. The Morgan fingerprint density at radius 1 is 1.05 bits per heavy atom. The quantitative estimate of drug-likeness (QED) is 0.393. The highest BCUT2D eigenvalue weighted by Gasteiger charge is 2.06. The van der Waals surface area contributed by atoms with E-state index in [1.165, 1.54) is 44.9 Å². The van der Waals surface area contributed by atoms with Gasteiger partial charge < -0.3 is 15.1 Å². The van der Waals surface area contributed by atoms with Crippen LogP contribution in [0.1, 0.15) is 69.2 Å². The summed E-state index contributed by atoms with van der Waals surface area (Å²) in [6.07, 6.45) is 9.23. The molecule has 0 aliphatic heterocycles. The van der Waals surface area contributed by atoms with E-state index in [0.29, 0.717) is 12.4 Å². The van der Waals surface area contributed by atoms with E-state index in [4.69, 9.17) is 4.42 Å². The Labute approximate surface area is 135 Å². The van der Waals surface area contributed by atoms with Gasteiger partial charge >= 0.3 is 0 Å². The second-order valence-electron chi connectivity index (χ2n) is 5.72. The predicted molar refractivity (Wildman–Crippen MR) is 92.2 cm³/mol. The molecular weight excluding hydrogens is 276 g/mol. The van der Waals surface area contributed by atoms with Crippen LogP contribution in [0.2, 0.25) is 0 Å². The van der Waals surface area contributed by atoms with Gasteiger partial charge in [0.25, 0.3) is 0 Å². The van der Waals surface area contributed by atoms with Crippen LogP contribution in [-0.4, -0.2) is 24.5 Å². The van der Waals surface area contributed by atoms with E-state index in [9.17, 15) is 0 Å². The SMILES string of the molecule is CCCCCCCCCNC(=NC)NCc1nc(C)c(C)o1. The van der Waals surface area contributed by atoms with Gasteiger partial charge in [-0.1, -0.05) is 45.4 Å². The molecule has 22 heavy (non-hydrogen) atoms. The fraction of sp³-hybridized carbons (Fsp3) is 0.765. The van der Waals surface area contributed by atoms with Crippen LogP contribution >= 0.6 is 0 Å². The molecule has 0 bridgehead atoms. The van der Waals surface area contributed by atoms with Gasteiger partial charge in [-0.15, -0.1) is 0 Å². The van der Waals surface area contributed by atoms with Crippen LogP contribution in [0, 0.1) is 13.8 Å². The smallest absolute Gasteiger partial charge is 0.214 e. The van der Waals surface area contributed by atoms with Crippen molar-refractivity contribution >= 4 is 5.96 Å². The van der Waals surface area contributed by atoms with E-state index >= 15 is 0 Å². The molecule has 0 atom stereocenters. The Bertz CT molecular complexity index is 420. The van der Waals surface area contributed by atoms with E-state index in [1.807, 2.05) is 13.8 Å². The molecule has 5 nitrogen and oxygen atoms in total. The summed E-state index contributed by atoms with van der Waals surface area (Å²) in [5, 5.41) is 6.56. The number of aryl methyl sites for hydroxylation is 2. The standard InChI is InChI=1S/C17H32N4O/c1-5-6-7-8-9-10-11-12-19-17(18-4)20-13-16-21-14(2)15(3)22-16/h5-13H2,1-4H3,(H2,18,19,20). The molecule has 0 saturated heterocycles. The van der Waals surface area contributed by atoms with Gasteiger partial charge in [-0.05, 0) is 20.3 Å². The summed E-state index contributed by atoms with van der Waals surface area (Å²) in [4.78, 5) is 8.57. The minimum atomic E-state index is 0.561. The number of unbranched alkanes of at least 4 members (excludes halogenated alkanes) is 6. The fourth-order valence-electron chi connectivity index (χ4n) is 2.28. The number of guanidine groups is 1. The summed E-state index contributed by atoms with van der Waals surface area (Å²) < 4.78 is 5.54. The maximum atomic E-state index is 5.54. The summed E-state index contributed by atoms with van der Waals surface area (Å²) in [5.74, 6) is 2.39. The topological polar surface area (TPSA) is 62.5 Å². The van der Waals surface area contributed by atoms with Crippen molar-refractivity contribution in [3.8, 4) is 0 Å². The van der Waals surface area contributed by atoms with Gasteiger partial charge in [0.15, 0.2) is 5.96 Å². The minimum Gasteiger partial charge on any atom is -0.444 e. The van der Waals surface area contributed by atoms with Crippen molar-refractivity contribution < 1.29 is 4.42 Å². The molecule has 1 heterocycles. The van der Waals surface area contributed by atoms with E-state index < -0.39 is 0 Å². The lowest BCUT2D eigenvalue weighted by Gasteiger charge is -2.10. The molecule has 126 valence electrons. The van der Waals surface area contributed by atoms with Gasteiger partial charge in [0.2, 0.25) is 5.89 Å². The summed E-state index contributed by atoms with van der Waals surface area (Å²) in [5.41, 5.74) is 0.947. The number of nitrogens with zero attached hydrogens (tertiary/aromatic N) is 2. The number of nitrogens with one attached hydrogen (secondary N) is 2. The van der Waals surface area contributed by atoms with E-state index in [0.717, 1.165) is 24.0 Å². The summed E-state index contributed by atoms with van der Waals surface area (Å²) in [7, 11) is 1.78. The Morgan fingerprint density at radius 3 is 2.32 bits per heavy atom. The molecule has 1 rings (SSSR count). The lowest BCUT2D eigenvalue weighted by Crippen LogP contribution is -2.37. The number of hydrogen-bond donors (Lipinski definition) is 2. The lowest BCUT2D eigenvalue weighted by molar-refractivity contribution is 0.463. The van der Waals surface area contributed by atoms with Crippen LogP contribution in [-0.2, 0) is 6.54 Å². The monoisotopic (exact) mass is 308 g/mol. The zero-order valence-corrected chi connectivity index (χ0v) is 14.7. The third-order valence-corrected chi connectivity index (χ3v) is 3.78. The molecule has 1 aromatic heterocycles. The molecule has 1 aromatic rings. The van der Waals surface area contributed by atoms with E-state index in [2.05, 4.69) is 27.5 Å². The molecule has 5 heteroatoms. The lowest BCUT2D eigenvalue weighted by atomic mass is 10.1. The third-order valence-electron chi connectivity index (χ3n) is 3.78. The first-order valence-electron chi connectivity index (χ1n) is 8.54. The van der Waals surface area contributed by atoms with Crippen molar-refractivity contribution in [2.75, 3.05) is 13.6 Å². The first kappa shape index (κ1) is 18.5. The second kappa shape index (κ2) is 11.1. The molecule has 0 aromatic carbocycles. The maximum absolute atomic E-state index is 5.54. The largest absolute Gasteiger partial charge is 0.444 e. The number of aromatic nitrogens is 1. The molecule has 0 unspecified atom stereocenters. The Morgan fingerprint density at radius 2 is 1.73 bits per heavy atom. The fourth-order valence-corrected chi connectivity index (χ4v) is 2.28. The van der Waals surface area contributed by atoms with Gasteiger partial charge in [-0.2, -0.15) is 0 Å². The summed E-state index contributed by atoms with van der Waals surface area (Å²) in [6, 6.07) is 0. The predicted octanol–water partition coefficient (Wildman–Crippen LogP) is 3.71. The van der Waals surface area contributed by atoms with Crippen molar-refractivity contribution in [1.82, 2.24) is 15.6 Å². The molecule has 0 spiro atoms. The van der Waals surface area contributed by atoms with Crippen molar-refractivity contribution in [2.45, 2.75) is 72.3 Å². The number of oxazole rings is 1. The minimum absolute atomic E-state index is 0.561. The van der Waals surface area contributed by atoms with Gasteiger partial charge in [-0.3, -0.25) is 4.99 Å². The molecule has 0 aliphatic carbocycles. The van der Waals surface area contributed by atoms with Crippen LogP contribution in [0.3, 0.4) is 0 Å². The summed E-state index contributed by atoms with van der Waals surface area (Å²) in [6.45, 7) is 7.65. The highest BCUT2D eigenvalue weighted by molar-refractivity contribution is 5.79. The molecule has 0 fully saturated rings. The van der Waals surface area contributed by atoms with Crippen LogP contribution in [0.4, 0.5) is 0 Å². The van der Waals surface area contributed by atoms with Crippen molar-refractivity contribution in [2.24, 2.45) is 4.99 Å². The van der Waals surface area contributed by atoms with Crippen LogP contribution in [0.5, 0.6) is 0 Å². The average Bonchev–Trinajstić information content (AvgIpc) is 2.83. The van der Waals surface area contributed by atoms with Crippen molar-refractivity contribution in [1.29, 1.82) is 0 Å². The number of rotatable bonds is 10. The molecule has 0 saturated carbocycles. The normalized spacial score (nSPS) is 11.7. The second-order valence-corrected chi connectivity index (χ2v) is 5.72. The number of aliphatic imine (C=N–C) groups is 1. The van der Waals surface area contributed by atoms with Gasteiger partial charge in [0.1, 0.15) is 5.76 Å². The molecule has 2 N–H and O–H groups in total. The summed E-state index contributed by atoms with van der Waals surface area (Å²) >= 11 is 0. The zero-order chi connectivity index (χ0) is 16.2. The average molecular weight is 308 g/mol. The van der Waals surface area contributed by atoms with E-state index in [-0.39, 0.29) is 0 Å². The van der Waals surface area contributed by atoms with Crippen LogP contribution in [0.25, 0.3) is 0 Å². The first-order chi connectivity index (χ1) is 10.7. The molecule has 0 amide bonds. The van der Waals surface area contributed by atoms with Crippen molar-refractivity contribution in [3.05, 3.63) is 17.3 Å². The van der Waals surface area contributed by atoms with Crippen LogP contribution < -0.4 is 10.6 Å². The maximum Gasteiger partial charge on any atom is 0.214 e. The molecule has 0 radical (unpaired) electrons. The highest BCUT2D eigenvalue weighted by Crippen LogP contribution is 2.08.